The molecule has 0 spiro atoms. The number of hydrogen-bond acceptors (Lipinski definition) is 3. The van der Waals surface area contributed by atoms with Gasteiger partial charge in [-0.05, 0) is 38.5 Å². The zero-order chi connectivity index (χ0) is 15.1. The molecule has 2 atom stereocenters. The van der Waals surface area contributed by atoms with Gasteiger partial charge in [0.05, 0.1) is 5.75 Å². The Hall–Kier alpha value is -0.130. The molecular formula is C15H30N2O2S. The van der Waals surface area contributed by atoms with Crippen LogP contribution in [0.25, 0.3) is 0 Å². The minimum atomic E-state index is -3.13. The Balaban J connectivity index is 2.13. The molecule has 0 radical (unpaired) electrons. The summed E-state index contributed by atoms with van der Waals surface area (Å²) in [7, 11) is -3.13. The summed E-state index contributed by atoms with van der Waals surface area (Å²) in [6.07, 6.45) is 3.36. The molecule has 2 fully saturated rings. The van der Waals surface area contributed by atoms with Crippen LogP contribution in [0.2, 0.25) is 0 Å². The Labute approximate surface area is 124 Å². The quantitative estimate of drug-likeness (QED) is 0.803. The molecule has 5 heteroatoms. The Kier molecular flexibility index (Phi) is 4.53. The van der Waals surface area contributed by atoms with Crippen LogP contribution in [0.1, 0.15) is 53.9 Å². The van der Waals surface area contributed by atoms with E-state index in [1.54, 1.807) is 4.31 Å². The second kappa shape index (κ2) is 5.58. The van der Waals surface area contributed by atoms with Crippen LogP contribution in [0.3, 0.4) is 0 Å². The zero-order valence-corrected chi connectivity index (χ0v) is 14.4. The van der Waals surface area contributed by atoms with E-state index in [1.165, 1.54) is 6.42 Å². The second-order valence-corrected chi connectivity index (χ2v) is 9.86. The standard InChI is InChI=1S/C15H30N2O2S/c1-12(2)17-13-6-7-14(17)10-16(9-8-13)20(18,19)11-15(3,4)5/h12-14H,6-11H2,1-5H3/t13-,14-/m0/s1. The highest BCUT2D eigenvalue weighted by Gasteiger charge is 2.41. The molecule has 2 saturated heterocycles. The van der Waals surface area contributed by atoms with Crippen molar-refractivity contribution in [2.24, 2.45) is 5.41 Å². The molecule has 0 unspecified atom stereocenters. The van der Waals surface area contributed by atoms with Gasteiger partial charge >= 0.3 is 0 Å². The van der Waals surface area contributed by atoms with Crippen molar-refractivity contribution in [2.75, 3.05) is 18.8 Å². The van der Waals surface area contributed by atoms with Crippen LogP contribution in [0, 0.1) is 5.41 Å². The molecule has 4 nitrogen and oxygen atoms in total. The van der Waals surface area contributed by atoms with E-state index in [4.69, 9.17) is 0 Å². The van der Waals surface area contributed by atoms with Crippen LogP contribution in [0.15, 0.2) is 0 Å². The first-order valence-electron chi connectivity index (χ1n) is 7.85. The van der Waals surface area contributed by atoms with Crippen molar-refractivity contribution < 1.29 is 8.42 Å². The Morgan fingerprint density at radius 1 is 1.10 bits per heavy atom. The summed E-state index contributed by atoms with van der Waals surface area (Å²) in [5.74, 6) is 0.249. The molecule has 0 aromatic carbocycles. The van der Waals surface area contributed by atoms with Crippen molar-refractivity contribution in [3.63, 3.8) is 0 Å². The van der Waals surface area contributed by atoms with E-state index in [0.29, 0.717) is 31.2 Å². The largest absolute Gasteiger partial charge is 0.294 e. The van der Waals surface area contributed by atoms with Gasteiger partial charge in [0.2, 0.25) is 10.0 Å². The van der Waals surface area contributed by atoms with E-state index in [2.05, 4.69) is 18.7 Å². The number of nitrogens with zero attached hydrogens (tertiary/aromatic N) is 2. The van der Waals surface area contributed by atoms with Gasteiger partial charge in [-0.2, -0.15) is 0 Å². The third-order valence-corrected chi connectivity index (χ3v) is 6.76. The summed E-state index contributed by atoms with van der Waals surface area (Å²) in [6.45, 7) is 11.8. The molecule has 2 aliphatic heterocycles. The molecule has 118 valence electrons. The van der Waals surface area contributed by atoms with E-state index in [9.17, 15) is 8.42 Å². The molecule has 0 saturated carbocycles. The molecule has 0 aromatic rings. The fraction of sp³-hybridized carbons (Fsp3) is 1.00. The number of hydrogen-bond donors (Lipinski definition) is 0. The third kappa shape index (κ3) is 3.55. The van der Waals surface area contributed by atoms with Crippen molar-refractivity contribution in [3.8, 4) is 0 Å². The summed E-state index contributed by atoms with van der Waals surface area (Å²) in [6, 6.07) is 1.50. The highest BCUT2D eigenvalue weighted by molar-refractivity contribution is 7.89. The van der Waals surface area contributed by atoms with E-state index in [1.807, 2.05) is 20.8 Å². The van der Waals surface area contributed by atoms with Gasteiger partial charge in [-0.15, -0.1) is 0 Å². The maximum atomic E-state index is 12.6. The smallest absolute Gasteiger partial charge is 0.214 e. The van der Waals surface area contributed by atoms with Gasteiger partial charge in [-0.3, -0.25) is 4.90 Å². The van der Waals surface area contributed by atoms with Crippen molar-refractivity contribution in [2.45, 2.75) is 72.0 Å². The Morgan fingerprint density at radius 3 is 2.25 bits per heavy atom. The van der Waals surface area contributed by atoms with Gasteiger partial charge in [0.25, 0.3) is 0 Å². The first-order valence-corrected chi connectivity index (χ1v) is 9.46. The van der Waals surface area contributed by atoms with Crippen LogP contribution >= 0.6 is 0 Å². The molecule has 2 bridgehead atoms. The zero-order valence-electron chi connectivity index (χ0n) is 13.6. The molecule has 0 aliphatic carbocycles. The third-order valence-electron chi connectivity index (χ3n) is 4.41. The SMILES string of the molecule is CC(C)N1[C@H]2CC[C@H]1CN(S(=O)(=O)CC(C)(C)C)CC2. The fourth-order valence-corrected chi connectivity index (χ4v) is 5.87. The van der Waals surface area contributed by atoms with Gasteiger partial charge in [0.1, 0.15) is 0 Å². The maximum absolute atomic E-state index is 12.6. The number of fused-ring (bicyclic) bond motifs is 2. The van der Waals surface area contributed by atoms with Crippen molar-refractivity contribution in [3.05, 3.63) is 0 Å². The lowest BCUT2D eigenvalue weighted by molar-refractivity contribution is 0.154. The van der Waals surface area contributed by atoms with Gasteiger partial charge in [0.15, 0.2) is 0 Å². The molecule has 0 aromatic heterocycles. The molecule has 0 N–H and O–H groups in total. The fourth-order valence-electron chi connectivity index (χ4n) is 3.81. The second-order valence-electron chi connectivity index (χ2n) is 7.89. The molecule has 2 heterocycles. The first-order chi connectivity index (χ1) is 9.10. The topological polar surface area (TPSA) is 40.6 Å². The minimum Gasteiger partial charge on any atom is -0.294 e. The number of sulfonamides is 1. The Bertz CT molecular complexity index is 439. The summed E-state index contributed by atoms with van der Waals surface area (Å²) in [5, 5.41) is 0. The normalized spacial score (nSPS) is 29.9. The van der Waals surface area contributed by atoms with Gasteiger partial charge in [0, 0.05) is 31.2 Å². The lowest BCUT2D eigenvalue weighted by Crippen LogP contribution is -2.45. The van der Waals surface area contributed by atoms with Crippen molar-refractivity contribution in [1.82, 2.24) is 9.21 Å². The van der Waals surface area contributed by atoms with Crippen LogP contribution < -0.4 is 0 Å². The average molecular weight is 302 g/mol. The highest BCUT2D eigenvalue weighted by Crippen LogP contribution is 2.33. The first kappa shape index (κ1) is 16.2. The van der Waals surface area contributed by atoms with E-state index in [-0.39, 0.29) is 11.2 Å². The molecule has 2 rings (SSSR count). The van der Waals surface area contributed by atoms with E-state index >= 15 is 0 Å². The summed E-state index contributed by atoms with van der Waals surface area (Å²) >= 11 is 0. The predicted octanol–water partition coefficient (Wildman–Crippen LogP) is 2.31. The summed E-state index contributed by atoms with van der Waals surface area (Å²) < 4.78 is 27.0. The minimum absolute atomic E-state index is 0.179. The average Bonchev–Trinajstić information content (AvgIpc) is 2.48. The lowest BCUT2D eigenvalue weighted by atomic mass is 10.0. The summed E-state index contributed by atoms with van der Waals surface area (Å²) in [4.78, 5) is 2.55. The highest BCUT2D eigenvalue weighted by atomic mass is 32.2. The van der Waals surface area contributed by atoms with Gasteiger partial charge in [-0.25, -0.2) is 12.7 Å². The van der Waals surface area contributed by atoms with Crippen LogP contribution in [-0.2, 0) is 10.0 Å². The monoisotopic (exact) mass is 302 g/mol. The van der Waals surface area contributed by atoms with Crippen LogP contribution in [0.5, 0.6) is 0 Å². The van der Waals surface area contributed by atoms with Crippen molar-refractivity contribution in [1.29, 1.82) is 0 Å². The van der Waals surface area contributed by atoms with Crippen LogP contribution in [-0.4, -0.2) is 54.6 Å². The van der Waals surface area contributed by atoms with Crippen molar-refractivity contribution >= 4 is 10.0 Å². The van der Waals surface area contributed by atoms with Crippen LogP contribution in [0.4, 0.5) is 0 Å². The molecule has 0 amide bonds. The van der Waals surface area contributed by atoms with E-state index < -0.39 is 10.0 Å². The molecule has 20 heavy (non-hydrogen) atoms. The van der Waals surface area contributed by atoms with Gasteiger partial charge in [-0.1, -0.05) is 20.8 Å². The van der Waals surface area contributed by atoms with E-state index in [0.717, 1.165) is 12.8 Å². The molecule has 2 aliphatic rings. The number of rotatable bonds is 3. The lowest BCUT2D eigenvalue weighted by Gasteiger charge is -2.32. The Morgan fingerprint density at radius 2 is 1.70 bits per heavy atom. The van der Waals surface area contributed by atoms with Gasteiger partial charge < -0.3 is 0 Å². The summed E-state index contributed by atoms with van der Waals surface area (Å²) in [5.41, 5.74) is -0.179. The maximum Gasteiger partial charge on any atom is 0.214 e. The molecular weight excluding hydrogens is 272 g/mol. The predicted molar refractivity (Wildman–Crippen MR) is 83.2 cm³/mol.